The monoisotopic (exact) mass is 212 g/mol. The molecule has 2 atom stereocenters. The van der Waals surface area contributed by atoms with Crippen LogP contribution in [-0.2, 0) is 4.74 Å². The standard InChI is InChI=1S/C10H16N2O3/c1-12(10(13)14)9(6-11)5-8-3-2-4-15-7-8/h8-9H,2-5,7H2,1H3,(H,13,14)/t8?,9-/m0/s1. The summed E-state index contributed by atoms with van der Waals surface area (Å²) in [4.78, 5) is 11.7. The lowest BCUT2D eigenvalue weighted by molar-refractivity contribution is 0.0441. The summed E-state index contributed by atoms with van der Waals surface area (Å²) in [6, 6.07) is 1.46. The minimum Gasteiger partial charge on any atom is -0.465 e. The van der Waals surface area contributed by atoms with Crippen LogP contribution in [-0.4, -0.2) is 42.4 Å². The summed E-state index contributed by atoms with van der Waals surface area (Å²) in [6.45, 7) is 1.42. The van der Waals surface area contributed by atoms with Gasteiger partial charge in [0.15, 0.2) is 0 Å². The Morgan fingerprint density at radius 1 is 1.80 bits per heavy atom. The Balaban J connectivity index is 2.45. The van der Waals surface area contributed by atoms with E-state index in [9.17, 15) is 4.79 Å². The highest BCUT2D eigenvalue weighted by Crippen LogP contribution is 2.20. The first-order valence-electron chi connectivity index (χ1n) is 5.08. The molecule has 0 saturated carbocycles. The lowest BCUT2D eigenvalue weighted by Gasteiger charge is -2.27. The van der Waals surface area contributed by atoms with Crippen LogP contribution in [0.3, 0.4) is 0 Å². The fraction of sp³-hybridized carbons (Fsp3) is 0.800. The molecule has 0 spiro atoms. The van der Waals surface area contributed by atoms with E-state index in [4.69, 9.17) is 15.1 Å². The number of carboxylic acid groups (broad SMARTS) is 1. The highest BCUT2D eigenvalue weighted by molar-refractivity contribution is 5.65. The summed E-state index contributed by atoms with van der Waals surface area (Å²) in [7, 11) is 1.43. The molecule has 1 aliphatic heterocycles. The van der Waals surface area contributed by atoms with E-state index in [0.29, 0.717) is 18.9 Å². The molecule has 1 rings (SSSR count). The molecule has 1 aliphatic rings. The Hall–Kier alpha value is -1.28. The summed E-state index contributed by atoms with van der Waals surface area (Å²) >= 11 is 0. The van der Waals surface area contributed by atoms with Crippen molar-refractivity contribution in [2.24, 2.45) is 5.92 Å². The van der Waals surface area contributed by atoms with Crippen molar-refractivity contribution in [2.45, 2.75) is 25.3 Å². The molecular weight excluding hydrogens is 196 g/mol. The molecule has 5 heteroatoms. The maximum Gasteiger partial charge on any atom is 0.408 e. The highest BCUT2D eigenvalue weighted by atomic mass is 16.5. The van der Waals surface area contributed by atoms with Crippen molar-refractivity contribution in [3.63, 3.8) is 0 Å². The van der Waals surface area contributed by atoms with Crippen molar-refractivity contribution in [2.75, 3.05) is 20.3 Å². The minimum atomic E-state index is -1.06. The quantitative estimate of drug-likeness (QED) is 0.765. The van der Waals surface area contributed by atoms with Gasteiger partial charge in [-0.2, -0.15) is 5.26 Å². The molecule has 1 unspecified atom stereocenters. The van der Waals surface area contributed by atoms with E-state index < -0.39 is 12.1 Å². The van der Waals surface area contributed by atoms with Crippen LogP contribution < -0.4 is 0 Å². The molecule has 1 amide bonds. The van der Waals surface area contributed by atoms with Crippen LogP contribution in [0, 0.1) is 17.2 Å². The van der Waals surface area contributed by atoms with Gasteiger partial charge in [0.2, 0.25) is 0 Å². The van der Waals surface area contributed by atoms with E-state index in [1.807, 2.05) is 6.07 Å². The maximum atomic E-state index is 10.7. The summed E-state index contributed by atoms with van der Waals surface area (Å²) in [5, 5.41) is 17.6. The molecule has 0 aromatic carbocycles. The van der Waals surface area contributed by atoms with Crippen molar-refractivity contribution in [3.05, 3.63) is 0 Å². The molecule has 1 saturated heterocycles. The number of carbonyl (C=O) groups is 1. The molecule has 0 aliphatic carbocycles. The van der Waals surface area contributed by atoms with Gasteiger partial charge in [0.05, 0.1) is 6.07 Å². The second kappa shape index (κ2) is 5.56. The molecule has 0 radical (unpaired) electrons. The average Bonchev–Trinajstić information content (AvgIpc) is 2.26. The van der Waals surface area contributed by atoms with Gasteiger partial charge in [-0.25, -0.2) is 4.79 Å². The number of hydrogen-bond donors (Lipinski definition) is 1. The van der Waals surface area contributed by atoms with Crippen LogP contribution >= 0.6 is 0 Å². The van der Waals surface area contributed by atoms with Crippen molar-refractivity contribution >= 4 is 6.09 Å². The number of nitriles is 1. The van der Waals surface area contributed by atoms with Crippen LogP contribution in [0.2, 0.25) is 0 Å². The summed E-state index contributed by atoms with van der Waals surface area (Å²) in [5.41, 5.74) is 0. The van der Waals surface area contributed by atoms with Crippen LogP contribution in [0.25, 0.3) is 0 Å². The smallest absolute Gasteiger partial charge is 0.408 e. The van der Waals surface area contributed by atoms with Gasteiger partial charge in [-0.3, -0.25) is 4.90 Å². The third-order valence-corrected chi connectivity index (χ3v) is 2.73. The van der Waals surface area contributed by atoms with Crippen molar-refractivity contribution < 1.29 is 14.6 Å². The van der Waals surface area contributed by atoms with E-state index in [2.05, 4.69) is 0 Å². The first-order chi connectivity index (χ1) is 7.15. The largest absolute Gasteiger partial charge is 0.465 e. The van der Waals surface area contributed by atoms with Crippen LogP contribution in [0.4, 0.5) is 4.79 Å². The second-order valence-electron chi connectivity index (χ2n) is 3.86. The molecule has 0 aromatic rings. The fourth-order valence-electron chi connectivity index (χ4n) is 1.74. The van der Waals surface area contributed by atoms with Crippen molar-refractivity contribution in [1.82, 2.24) is 4.90 Å². The first kappa shape index (κ1) is 11.8. The summed E-state index contributed by atoms with van der Waals surface area (Å²) in [5.74, 6) is 0.310. The van der Waals surface area contributed by atoms with Crippen LogP contribution in [0.1, 0.15) is 19.3 Å². The van der Waals surface area contributed by atoms with Gasteiger partial charge in [0, 0.05) is 20.3 Å². The number of hydrogen-bond acceptors (Lipinski definition) is 3. The molecule has 1 heterocycles. The Kier molecular flexibility index (Phi) is 4.37. The van der Waals surface area contributed by atoms with Gasteiger partial charge in [-0.1, -0.05) is 0 Å². The fourth-order valence-corrected chi connectivity index (χ4v) is 1.74. The maximum absolute atomic E-state index is 10.7. The van der Waals surface area contributed by atoms with Gasteiger partial charge in [0.25, 0.3) is 0 Å². The highest BCUT2D eigenvalue weighted by Gasteiger charge is 2.24. The number of ether oxygens (including phenoxy) is 1. The van der Waals surface area contributed by atoms with Gasteiger partial charge in [-0.05, 0) is 25.2 Å². The number of nitrogens with zero attached hydrogens (tertiary/aromatic N) is 2. The van der Waals surface area contributed by atoms with Gasteiger partial charge in [-0.15, -0.1) is 0 Å². The lowest BCUT2D eigenvalue weighted by Crippen LogP contribution is -2.37. The first-order valence-corrected chi connectivity index (χ1v) is 5.08. The molecular formula is C10H16N2O3. The number of rotatable bonds is 3. The predicted octanol–water partition coefficient (Wildman–Crippen LogP) is 1.31. The Labute approximate surface area is 89.2 Å². The molecule has 1 N–H and O–H groups in total. The van der Waals surface area contributed by atoms with Crippen molar-refractivity contribution in [1.29, 1.82) is 5.26 Å². The molecule has 84 valence electrons. The van der Waals surface area contributed by atoms with E-state index in [1.165, 1.54) is 7.05 Å². The third kappa shape index (κ3) is 3.40. The Bertz CT molecular complexity index is 256. The predicted molar refractivity (Wildman–Crippen MR) is 53.3 cm³/mol. The second-order valence-corrected chi connectivity index (χ2v) is 3.86. The summed E-state index contributed by atoms with van der Waals surface area (Å²) in [6.07, 6.45) is 1.53. The van der Waals surface area contributed by atoms with E-state index >= 15 is 0 Å². The van der Waals surface area contributed by atoms with Gasteiger partial charge in [0.1, 0.15) is 6.04 Å². The van der Waals surface area contributed by atoms with E-state index in [-0.39, 0.29) is 0 Å². The molecule has 0 bridgehead atoms. The third-order valence-electron chi connectivity index (χ3n) is 2.73. The van der Waals surface area contributed by atoms with E-state index in [1.54, 1.807) is 0 Å². The van der Waals surface area contributed by atoms with Gasteiger partial charge < -0.3 is 9.84 Å². The zero-order chi connectivity index (χ0) is 11.3. The zero-order valence-corrected chi connectivity index (χ0v) is 8.85. The minimum absolute atomic E-state index is 0.310. The average molecular weight is 212 g/mol. The Morgan fingerprint density at radius 2 is 2.53 bits per heavy atom. The summed E-state index contributed by atoms with van der Waals surface area (Å²) < 4.78 is 5.29. The molecule has 5 nitrogen and oxygen atoms in total. The van der Waals surface area contributed by atoms with Crippen LogP contribution in [0.15, 0.2) is 0 Å². The topological polar surface area (TPSA) is 73.6 Å². The van der Waals surface area contributed by atoms with Gasteiger partial charge >= 0.3 is 6.09 Å². The number of amides is 1. The molecule has 0 aromatic heterocycles. The molecule has 15 heavy (non-hydrogen) atoms. The molecule has 1 fully saturated rings. The van der Waals surface area contributed by atoms with Crippen molar-refractivity contribution in [3.8, 4) is 6.07 Å². The normalized spacial score (nSPS) is 22.8. The van der Waals surface area contributed by atoms with Crippen LogP contribution in [0.5, 0.6) is 0 Å². The zero-order valence-electron chi connectivity index (χ0n) is 8.85. The Morgan fingerprint density at radius 3 is 3.00 bits per heavy atom. The van der Waals surface area contributed by atoms with E-state index in [0.717, 1.165) is 24.3 Å². The lowest BCUT2D eigenvalue weighted by atomic mass is 9.94. The SMILES string of the molecule is CN(C(=O)O)[C@H](C#N)CC1CCCOC1.